The number of carbonyl (C=O) groups is 3. The Hall–Kier alpha value is -2.80. The molecule has 1 aliphatic carbocycles. The fraction of sp³-hybridized carbons (Fsp3) is 0.423. The van der Waals surface area contributed by atoms with Crippen LogP contribution in [-0.2, 0) is 20.8 Å². The van der Waals surface area contributed by atoms with E-state index in [1.54, 1.807) is 0 Å². The number of carboxylic acids is 1. The molecule has 2 aromatic rings. The van der Waals surface area contributed by atoms with Crippen LogP contribution in [0.3, 0.4) is 0 Å². The van der Waals surface area contributed by atoms with E-state index in [2.05, 4.69) is 23.3 Å². The number of nitrogens with one attached hydrogen (secondary N) is 2. The van der Waals surface area contributed by atoms with Gasteiger partial charge in [-0.1, -0.05) is 80.8 Å². The van der Waals surface area contributed by atoms with E-state index in [9.17, 15) is 19.5 Å². The topological polar surface area (TPSA) is 95.5 Å². The number of amides is 2. The number of hydrogen-bond acceptors (Lipinski definition) is 4. The predicted octanol–water partition coefficient (Wildman–Crippen LogP) is 3.99. The molecule has 0 spiro atoms. The van der Waals surface area contributed by atoms with Crippen molar-refractivity contribution in [3.05, 3.63) is 60.2 Å². The Morgan fingerprint density at radius 2 is 1.61 bits per heavy atom. The summed E-state index contributed by atoms with van der Waals surface area (Å²) in [5.41, 5.74) is 1.86. The first kappa shape index (κ1) is 24.8. The second kappa shape index (κ2) is 11.4. The molecule has 1 aliphatic rings. The minimum Gasteiger partial charge on any atom is -0.480 e. The number of rotatable bonds is 10. The standard InChI is InChI=1S/C26H32N2O4S/c1-2-8-22(33)23(29)28-26(15-6-7-16-26)25(32)27-21(24(30)31)17-18-11-13-20(14-12-18)19-9-4-3-5-10-19/h3-5,9-14,21-22,33H,2,6-8,15-17H2,1H3,(H,27,32)(H,28,29)(H,30,31)/t21-,22-/m0/s1. The minimum atomic E-state index is -1.10. The second-order valence-electron chi connectivity index (χ2n) is 8.71. The molecule has 176 valence electrons. The summed E-state index contributed by atoms with van der Waals surface area (Å²) in [6, 6.07) is 16.5. The lowest BCUT2D eigenvalue weighted by Gasteiger charge is -2.31. The molecule has 0 bridgehead atoms. The monoisotopic (exact) mass is 468 g/mol. The Labute approximate surface area is 200 Å². The summed E-state index contributed by atoms with van der Waals surface area (Å²) < 4.78 is 0. The van der Waals surface area contributed by atoms with Gasteiger partial charge in [-0.3, -0.25) is 9.59 Å². The smallest absolute Gasteiger partial charge is 0.326 e. The van der Waals surface area contributed by atoms with Gasteiger partial charge < -0.3 is 15.7 Å². The molecule has 1 saturated carbocycles. The lowest BCUT2D eigenvalue weighted by molar-refractivity contribution is -0.143. The number of carbonyl (C=O) groups excluding carboxylic acids is 2. The summed E-state index contributed by atoms with van der Waals surface area (Å²) in [7, 11) is 0. The van der Waals surface area contributed by atoms with Gasteiger partial charge in [0.2, 0.25) is 11.8 Å². The molecule has 3 N–H and O–H groups in total. The Balaban J connectivity index is 1.69. The third kappa shape index (κ3) is 6.38. The molecule has 1 fully saturated rings. The van der Waals surface area contributed by atoms with Gasteiger partial charge in [-0.15, -0.1) is 0 Å². The van der Waals surface area contributed by atoms with Crippen LogP contribution in [0.25, 0.3) is 11.1 Å². The zero-order valence-electron chi connectivity index (χ0n) is 18.9. The van der Waals surface area contributed by atoms with Crippen molar-refractivity contribution in [2.45, 2.75) is 68.7 Å². The zero-order valence-corrected chi connectivity index (χ0v) is 19.8. The van der Waals surface area contributed by atoms with Gasteiger partial charge in [-0.2, -0.15) is 12.6 Å². The van der Waals surface area contributed by atoms with Gasteiger partial charge >= 0.3 is 5.97 Å². The number of thiol groups is 1. The van der Waals surface area contributed by atoms with Crippen LogP contribution in [0.5, 0.6) is 0 Å². The van der Waals surface area contributed by atoms with Crippen molar-refractivity contribution in [1.82, 2.24) is 10.6 Å². The van der Waals surface area contributed by atoms with Crippen LogP contribution < -0.4 is 10.6 Å². The molecule has 0 radical (unpaired) electrons. The summed E-state index contributed by atoms with van der Waals surface area (Å²) >= 11 is 4.35. The fourth-order valence-corrected chi connectivity index (χ4v) is 4.63. The Bertz CT molecular complexity index is 956. The number of hydrogen-bond donors (Lipinski definition) is 4. The maximum absolute atomic E-state index is 13.2. The SMILES string of the molecule is CCC[C@H](S)C(=O)NC1(C(=O)N[C@@H](Cc2ccc(-c3ccccc3)cc2)C(=O)O)CCCC1. The van der Waals surface area contributed by atoms with Gasteiger partial charge in [0.05, 0.1) is 5.25 Å². The average molecular weight is 469 g/mol. The van der Waals surface area contributed by atoms with E-state index in [1.165, 1.54) is 0 Å². The second-order valence-corrected chi connectivity index (χ2v) is 9.34. The number of aliphatic carboxylic acids is 1. The molecule has 2 aromatic carbocycles. The molecule has 3 rings (SSSR count). The van der Waals surface area contributed by atoms with E-state index in [-0.39, 0.29) is 12.3 Å². The molecule has 7 heteroatoms. The minimum absolute atomic E-state index is 0.158. The van der Waals surface area contributed by atoms with Gasteiger partial charge in [0.1, 0.15) is 11.6 Å². The molecular weight excluding hydrogens is 436 g/mol. The molecule has 6 nitrogen and oxygen atoms in total. The number of carboxylic acid groups (broad SMARTS) is 1. The molecule has 33 heavy (non-hydrogen) atoms. The molecule has 2 amide bonds. The van der Waals surface area contributed by atoms with Crippen LogP contribution in [0.1, 0.15) is 51.0 Å². The summed E-state index contributed by atoms with van der Waals surface area (Å²) in [4.78, 5) is 37.7. The van der Waals surface area contributed by atoms with Crippen LogP contribution in [0.4, 0.5) is 0 Å². The first-order valence-electron chi connectivity index (χ1n) is 11.5. The van der Waals surface area contributed by atoms with Crippen molar-refractivity contribution < 1.29 is 19.5 Å². The molecule has 2 atom stereocenters. The van der Waals surface area contributed by atoms with E-state index < -0.39 is 28.7 Å². The molecule has 0 unspecified atom stereocenters. The quantitative estimate of drug-likeness (QED) is 0.397. The van der Waals surface area contributed by atoms with Crippen molar-refractivity contribution in [2.75, 3.05) is 0 Å². The van der Waals surface area contributed by atoms with E-state index in [4.69, 9.17) is 0 Å². The van der Waals surface area contributed by atoms with E-state index in [0.717, 1.165) is 36.0 Å². The van der Waals surface area contributed by atoms with Crippen LogP contribution in [0.15, 0.2) is 54.6 Å². The normalized spacial score (nSPS) is 16.5. The van der Waals surface area contributed by atoms with Crippen LogP contribution >= 0.6 is 12.6 Å². The first-order valence-corrected chi connectivity index (χ1v) is 12.0. The highest BCUT2D eigenvalue weighted by Crippen LogP contribution is 2.31. The van der Waals surface area contributed by atoms with Crippen molar-refractivity contribution in [2.24, 2.45) is 0 Å². The number of benzene rings is 2. The highest BCUT2D eigenvalue weighted by molar-refractivity contribution is 7.81. The van der Waals surface area contributed by atoms with Gasteiger partial charge in [0.25, 0.3) is 0 Å². The van der Waals surface area contributed by atoms with E-state index >= 15 is 0 Å². The van der Waals surface area contributed by atoms with E-state index in [1.807, 2.05) is 61.5 Å². The van der Waals surface area contributed by atoms with Crippen molar-refractivity contribution in [3.63, 3.8) is 0 Å². The predicted molar refractivity (Wildman–Crippen MR) is 132 cm³/mol. The first-order chi connectivity index (χ1) is 15.8. The largest absolute Gasteiger partial charge is 0.480 e. The summed E-state index contributed by atoms with van der Waals surface area (Å²) in [6.45, 7) is 1.97. The van der Waals surface area contributed by atoms with Crippen molar-refractivity contribution in [1.29, 1.82) is 0 Å². The molecular formula is C26H32N2O4S. The van der Waals surface area contributed by atoms with Crippen LogP contribution in [0, 0.1) is 0 Å². The highest BCUT2D eigenvalue weighted by Gasteiger charge is 2.44. The summed E-state index contributed by atoms with van der Waals surface area (Å²) in [6.07, 6.45) is 4.18. The molecule has 0 aliphatic heterocycles. The van der Waals surface area contributed by atoms with Crippen LogP contribution in [0.2, 0.25) is 0 Å². The Morgan fingerprint density at radius 1 is 1.00 bits per heavy atom. The Morgan fingerprint density at radius 3 is 2.18 bits per heavy atom. The van der Waals surface area contributed by atoms with Gasteiger partial charge in [-0.05, 0) is 36.0 Å². The maximum atomic E-state index is 13.2. The summed E-state index contributed by atoms with van der Waals surface area (Å²) in [5, 5.41) is 14.9. The third-order valence-corrected chi connectivity index (χ3v) is 6.72. The average Bonchev–Trinajstić information content (AvgIpc) is 3.29. The maximum Gasteiger partial charge on any atom is 0.326 e. The van der Waals surface area contributed by atoms with Crippen LogP contribution in [-0.4, -0.2) is 39.7 Å². The lowest BCUT2D eigenvalue weighted by atomic mass is 9.94. The zero-order chi connectivity index (χ0) is 23.8. The van der Waals surface area contributed by atoms with Crippen molar-refractivity contribution >= 4 is 30.4 Å². The third-order valence-electron chi connectivity index (χ3n) is 6.22. The summed E-state index contributed by atoms with van der Waals surface area (Å²) in [5.74, 6) is -1.81. The molecule has 0 saturated heterocycles. The van der Waals surface area contributed by atoms with Crippen molar-refractivity contribution in [3.8, 4) is 11.1 Å². The van der Waals surface area contributed by atoms with Gasteiger partial charge in [0.15, 0.2) is 0 Å². The fourth-order valence-electron chi connectivity index (χ4n) is 4.31. The molecule has 0 heterocycles. The Kier molecular flexibility index (Phi) is 8.55. The highest BCUT2D eigenvalue weighted by atomic mass is 32.1. The molecule has 0 aromatic heterocycles. The van der Waals surface area contributed by atoms with Gasteiger partial charge in [0, 0.05) is 6.42 Å². The lowest BCUT2D eigenvalue weighted by Crippen LogP contribution is -2.61. The van der Waals surface area contributed by atoms with E-state index in [0.29, 0.717) is 19.3 Å². The van der Waals surface area contributed by atoms with Gasteiger partial charge in [-0.25, -0.2) is 4.79 Å².